The minimum atomic E-state index is -4.95. The number of ether oxygens (including phenoxy) is 2. The van der Waals surface area contributed by atoms with E-state index < -0.39 is 44.2 Å². The van der Waals surface area contributed by atoms with Crippen molar-refractivity contribution < 1.29 is 50.8 Å². The second-order valence-corrected chi connectivity index (χ2v) is 9.79. The monoisotopic (exact) mass is 501 g/mol. The number of alkyl halides is 4. The lowest BCUT2D eigenvalue weighted by atomic mass is 10.2. The number of hydrogen-bond acceptors (Lipinski definition) is 7. The molecule has 0 aliphatic heterocycles. The molecule has 0 amide bonds. The smallest absolute Gasteiger partial charge is 0.412 e. The van der Waals surface area contributed by atoms with Crippen LogP contribution in [0, 0.1) is 0 Å². The van der Waals surface area contributed by atoms with Gasteiger partial charge < -0.3 is 19.1 Å². The highest BCUT2D eigenvalue weighted by molar-refractivity contribution is 7.57. The molecular formula is C18H20F4NO7PS. The number of aromatic carboxylic acids is 1. The molecule has 14 heteroatoms. The molecule has 1 unspecified atom stereocenters. The van der Waals surface area contributed by atoms with Gasteiger partial charge in [0.25, 0.3) is 0 Å². The standard InChI is InChI=1S/C18H20F4NO7PS/c1-10(17(26)29-6-5-28-2)23-31(27,30-9-18(20,21)22)15(19)11-3-4-13-12(7-11)8-14(32-13)16(24)25/h3-4,7-8,10,15H,5-6,9H2,1-2H3,(H,23,27)(H,24,25)/t10-,15+,31?/m0/s1. The van der Waals surface area contributed by atoms with Gasteiger partial charge in [0.05, 0.1) is 6.61 Å². The Morgan fingerprint density at radius 2 is 1.94 bits per heavy atom. The summed E-state index contributed by atoms with van der Waals surface area (Å²) in [7, 11) is -3.60. The Hall–Kier alpha value is -2.05. The van der Waals surface area contributed by atoms with Crippen LogP contribution in [-0.4, -0.2) is 56.2 Å². The fourth-order valence-electron chi connectivity index (χ4n) is 2.52. The Morgan fingerprint density at radius 1 is 1.25 bits per heavy atom. The molecule has 2 rings (SSSR count). The summed E-state index contributed by atoms with van der Waals surface area (Å²) in [6, 6.07) is 3.46. The van der Waals surface area contributed by atoms with Crippen molar-refractivity contribution in [3.63, 3.8) is 0 Å². The summed E-state index contributed by atoms with van der Waals surface area (Å²) >= 11 is 0.913. The average molecular weight is 501 g/mol. The maximum Gasteiger partial charge on any atom is 0.412 e. The molecule has 2 aromatic rings. The van der Waals surface area contributed by atoms with Crippen LogP contribution < -0.4 is 5.09 Å². The predicted octanol–water partition coefficient (Wildman–Crippen LogP) is 4.51. The summed E-state index contributed by atoms with van der Waals surface area (Å²) in [5, 5.41) is 11.4. The van der Waals surface area contributed by atoms with E-state index in [9.17, 15) is 27.3 Å². The first-order chi connectivity index (χ1) is 14.9. The van der Waals surface area contributed by atoms with E-state index in [1.165, 1.54) is 19.2 Å². The Labute approximate surface area is 184 Å². The minimum absolute atomic E-state index is 0.0328. The fraction of sp³-hybridized carbons (Fsp3) is 0.444. The van der Waals surface area contributed by atoms with E-state index in [4.69, 9.17) is 14.6 Å². The number of carboxylic acids is 1. The predicted molar refractivity (Wildman–Crippen MR) is 108 cm³/mol. The van der Waals surface area contributed by atoms with Gasteiger partial charge in [-0.05, 0) is 36.1 Å². The van der Waals surface area contributed by atoms with Crippen molar-refractivity contribution in [2.45, 2.75) is 25.1 Å². The van der Waals surface area contributed by atoms with Crippen LogP contribution in [0.1, 0.15) is 28.1 Å². The number of halogens is 4. The van der Waals surface area contributed by atoms with Gasteiger partial charge in [-0.2, -0.15) is 13.2 Å². The highest BCUT2D eigenvalue weighted by Gasteiger charge is 2.42. The molecule has 0 saturated heterocycles. The molecule has 32 heavy (non-hydrogen) atoms. The van der Waals surface area contributed by atoms with Crippen molar-refractivity contribution in [2.75, 3.05) is 26.9 Å². The van der Waals surface area contributed by atoms with Crippen molar-refractivity contribution in [3.8, 4) is 0 Å². The lowest BCUT2D eigenvalue weighted by molar-refractivity contribution is -0.154. The van der Waals surface area contributed by atoms with Crippen LogP contribution in [0.3, 0.4) is 0 Å². The first-order valence-corrected chi connectivity index (χ1v) is 11.5. The summed E-state index contributed by atoms with van der Waals surface area (Å²) in [5.74, 6) is -4.78. The van der Waals surface area contributed by atoms with Gasteiger partial charge in [0.2, 0.25) is 5.91 Å². The fourth-order valence-corrected chi connectivity index (χ4v) is 5.28. The molecule has 0 saturated carbocycles. The minimum Gasteiger partial charge on any atom is -0.477 e. The van der Waals surface area contributed by atoms with Gasteiger partial charge in [-0.15, -0.1) is 11.3 Å². The highest BCUT2D eigenvalue weighted by Crippen LogP contribution is 2.58. The molecule has 1 heterocycles. The lowest BCUT2D eigenvalue weighted by Crippen LogP contribution is -2.36. The quantitative estimate of drug-likeness (QED) is 0.200. The Balaban J connectivity index is 2.31. The van der Waals surface area contributed by atoms with Crippen LogP contribution in [0.15, 0.2) is 24.3 Å². The largest absolute Gasteiger partial charge is 0.477 e. The molecule has 0 bridgehead atoms. The third kappa shape index (κ3) is 6.97. The van der Waals surface area contributed by atoms with E-state index in [0.29, 0.717) is 10.1 Å². The number of thiophene rings is 1. The number of rotatable bonds is 11. The summed E-state index contributed by atoms with van der Waals surface area (Å²) in [6.45, 7) is -1.01. The van der Waals surface area contributed by atoms with Crippen LogP contribution in [0.4, 0.5) is 17.6 Å². The first kappa shape index (κ1) is 26.2. The van der Waals surface area contributed by atoms with Crippen LogP contribution in [0.25, 0.3) is 10.1 Å². The zero-order valence-corrected chi connectivity index (χ0v) is 18.6. The molecule has 0 radical (unpaired) electrons. The van der Waals surface area contributed by atoms with E-state index in [0.717, 1.165) is 30.4 Å². The van der Waals surface area contributed by atoms with Gasteiger partial charge in [0, 0.05) is 11.8 Å². The number of carbonyl (C=O) groups is 2. The lowest BCUT2D eigenvalue weighted by Gasteiger charge is -2.26. The highest BCUT2D eigenvalue weighted by atomic mass is 32.1. The summed E-state index contributed by atoms with van der Waals surface area (Å²) in [4.78, 5) is 23.1. The SMILES string of the molecule is COCCOC(=O)[C@H](C)NP(=O)(OCC(F)(F)F)[C@@H](F)c1ccc2sc(C(=O)O)cc2c1. The van der Waals surface area contributed by atoms with E-state index in [2.05, 4.69) is 4.52 Å². The van der Waals surface area contributed by atoms with E-state index in [1.54, 1.807) is 0 Å². The first-order valence-electron chi connectivity index (χ1n) is 9.01. The molecule has 0 aliphatic rings. The zero-order chi connectivity index (χ0) is 24.1. The molecule has 8 nitrogen and oxygen atoms in total. The van der Waals surface area contributed by atoms with Crippen molar-refractivity contribution in [1.29, 1.82) is 0 Å². The van der Waals surface area contributed by atoms with Gasteiger partial charge in [-0.3, -0.25) is 9.36 Å². The van der Waals surface area contributed by atoms with Crippen LogP contribution in [0.5, 0.6) is 0 Å². The van der Waals surface area contributed by atoms with Crippen LogP contribution in [-0.2, 0) is 23.4 Å². The molecule has 1 aromatic carbocycles. The molecular weight excluding hydrogens is 481 g/mol. The van der Waals surface area contributed by atoms with Gasteiger partial charge >= 0.3 is 25.6 Å². The van der Waals surface area contributed by atoms with Crippen LogP contribution >= 0.6 is 18.9 Å². The van der Waals surface area contributed by atoms with Crippen LogP contribution in [0.2, 0.25) is 0 Å². The number of fused-ring (bicyclic) bond motifs is 1. The van der Waals surface area contributed by atoms with Gasteiger partial charge in [0.15, 0.2) is 6.61 Å². The Kier molecular flexibility index (Phi) is 8.77. The summed E-state index contributed by atoms with van der Waals surface area (Å²) in [6.07, 6.45) is -4.91. The van der Waals surface area contributed by atoms with E-state index in [-0.39, 0.29) is 23.7 Å². The number of esters is 1. The van der Waals surface area contributed by atoms with E-state index in [1.807, 2.05) is 5.09 Å². The van der Waals surface area contributed by atoms with Gasteiger partial charge in [-0.1, -0.05) is 6.07 Å². The Bertz CT molecular complexity index is 1010. The third-order valence-corrected chi connectivity index (χ3v) is 7.26. The maximum atomic E-state index is 15.3. The molecule has 2 N–H and O–H groups in total. The maximum absolute atomic E-state index is 15.3. The number of nitrogens with one attached hydrogen (secondary N) is 1. The van der Waals surface area contributed by atoms with Crippen molar-refractivity contribution >= 4 is 40.9 Å². The van der Waals surface area contributed by atoms with Crippen molar-refractivity contribution in [1.82, 2.24) is 5.09 Å². The zero-order valence-electron chi connectivity index (χ0n) is 16.8. The third-order valence-electron chi connectivity index (χ3n) is 4.00. The summed E-state index contributed by atoms with van der Waals surface area (Å²) < 4.78 is 80.9. The second-order valence-electron chi connectivity index (χ2n) is 6.55. The molecule has 178 valence electrons. The number of methoxy groups -OCH3 is 1. The molecule has 1 aromatic heterocycles. The van der Waals surface area contributed by atoms with Crippen molar-refractivity contribution in [3.05, 3.63) is 34.7 Å². The average Bonchev–Trinajstić information content (AvgIpc) is 3.15. The molecule has 0 fully saturated rings. The number of carboxylic acid groups (broad SMARTS) is 1. The normalized spacial score (nSPS) is 15.8. The van der Waals surface area contributed by atoms with Crippen molar-refractivity contribution in [2.24, 2.45) is 0 Å². The van der Waals surface area contributed by atoms with E-state index >= 15 is 4.39 Å². The number of benzene rings is 1. The van der Waals surface area contributed by atoms with Gasteiger partial charge in [-0.25, -0.2) is 14.3 Å². The molecule has 0 spiro atoms. The van der Waals surface area contributed by atoms with Gasteiger partial charge in [0.1, 0.15) is 17.5 Å². The number of carbonyl (C=O) groups excluding carboxylic acids is 1. The molecule has 3 atom stereocenters. The Morgan fingerprint density at radius 3 is 2.53 bits per heavy atom. The summed E-state index contributed by atoms with van der Waals surface area (Å²) in [5.41, 5.74) is -0.315. The number of hydrogen-bond donors (Lipinski definition) is 2. The second kappa shape index (κ2) is 10.7. The molecule has 0 aliphatic carbocycles. The topological polar surface area (TPSA) is 111 Å².